The normalized spacial score (nSPS) is 12.0. The summed E-state index contributed by atoms with van der Waals surface area (Å²) in [5.74, 6) is 0.996. The number of nitrogens with one attached hydrogen (secondary N) is 1. The van der Waals surface area contributed by atoms with Crippen molar-refractivity contribution in [1.29, 1.82) is 0 Å². The smallest absolute Gasteiger partial charge is 0.0633 e. The molecule has 0 bridgehead atoms. The van der Waals surface area contributed by atoms with Gasteiger partial charge in [0.05, 0.1) is 18.8 Å². The zero-order valence-corrected chi connectivity index (χ0v) is 7.95. The molecular weight excluding hydrogens is 162 g/mol. The van der Waals surface area contributed by atoms with Crippen molar-refractivity contribution in [3.05, 3.63) is 0 Å². The molecule has 0 aliphatic carbocycles. The summed E-state index contributed by atoms with van der Waals surface area (Å²) in [7, 11) is 0. The fraction of sp³-hybridized carbons (Fsp3) is 1.00. The second-order valence-electron chi connectivity index (χ2n) is 2.80. The Morgan fingerprint density at radius 3 is 2.27 bits per heavy atom. The van der Waals surface area contributed by atoms with Gasteiger partial charge in [0.2, 0.25) is 0 Å². The SMILES string of the molecule is CSCCNC(C)(CO)CO. The van der Waals surface area contributed by atoms with Crippen LogP contribution in [-0.4, -0.2) is 47.5 Å². The third-order valence-electron chi connectivity index (χ3n) is 1.56. The molecule has 4 heteroatoms. The molecule has 0 aliphatic rings. The lowest BCUT2D eigenvalue weighted by atomic mass is 10.1. The molecular formula is C7H17NO2S. The summed E-state index contributed by atoms with van der Waals surface area (Å²) in [6.45, 7) is 2.56. The molecule has 0 radical (unpaired) electrons. The lowest BCUT2D eigenvalue weighted by Gasteiger charge is -2.25. The average molecular weight is 179 g/mol. The average Bonchev–Trinajstić information content (AvgIpc) is 2.05. The van der Waals surface area contributed by atoms with E-state index in [1.54, 1.807) is 18.7 Å². The number of aliphatic hydroxyl groups excluding tert-OH is 2. The van der Waals surface area contributed by atoms with E-state index in [-0.39, 0.29) is 13.2 Å². The molecule has 0 rings (SSSR count). The van der Waals surface area contributed by atoms with E-state index < -0.39 is 5.54 Å². The monoisotopic (exact) mass is 179 g/mol. The molecule has 0 saturated heterocycles. The van der Waals surface area contributed by atoms with Gasteiger partial charge in [0, 0.05) is 12.3 Å². The maximum absolute atomic E-state index is 8.86. The number of hydrogen-bond donors (Lipinski definition) is 3. The first-order chi connectivity index (χ1) is 5.18. The first kappa shape index (κ1) is 11.2. The number of aliphatic hydroxyl groups is 2. The van der Waals surface area contributed by atoms with E-state index in [1.165, 1.54) is 0 Å². The first-order valence-electron chi connectivity index (χ1n) is 3.64. The van der Waals surface area contributed by atoms with Crippen LogP contribution in [0.25, 0.3) is 0 Å². The van der Waals surface area contributed by atoms with Crippen molar-refractivity contribution in [2.24, 2.45) is 0 Å². The zero-order valence-electron chi connectivity index (χ0n) is 7.13. The highest BCUT2D eigenvalue weighted by molar-refractivity contribution is 7.98. The van der Waals surface area contributed by atoms with Crippen molar-refractivity contribution in [1.82, 2.24) is 5.32 Å². The Bertz CT molecular complexity index is 96.4. The predicted molar refractivity (Wildman–Crippen MR) is 49.0 cm³/mol. The fourth-order valence-electron chi connectivity index (χ4n) is 0.617. The van der Waals surface area contributed by atoms with Crippen LogP contribution in [0.15, 0.2) is 0 Å². The van der Waals surface area contributed by atoms with Gasteiger partial charge in [-0.25, -0.2) is 0 Å². The molecule has 11 heavy (non-hydrogen) atoms. The van der Waals surface area contributed by atoms with Crippen molar-refractivity contribution in [3.8, 4) is 0 Å². The largest absolute Gasteiger partial charge is 0.394 e. The summed E-state index contributed by atoms with van der Waals surface area (Å²) in [5.41, 5.74) is -0.518. The Morgan fingerprint density at radius 1 is 1.36 bits per heavy atom. The van der Waals surface area contributed by atoms with E-state index in [0.717, 1.165) is 12.3 Å². The molecule has 0 atom stereocenters. The summed E-state index contributed by atoms with van der Waals surface area (Å²) in [6.07, 6.45) is 2.02. The van der Waals surface area contributed by atoms with Gasteiger partial charge in [-0.1, -0.05) is 0 Å². The van der Waals surface area contributed by atoms with Crippen molar-refractivity contribution in [2.75, 3.05) is 31.8 Å². The zero-order chi connectivity index (χ0) is 8.74. The Kier molecular flexibility index (Phi) is 5.95. The minimum Gasteiger partial charge on any atom is -0.394 e. The van der Waals surface area contributed by atoms with Crippen LogP contribution in [0.2, 0.25) is 0 Å². The molecule has 0 unspecified atom stereocenters. The molecule has 0 fully saturated rings. The molecule has 0 aromatic heterocycles. The van der Waals surface area contributed by atoms with Crippen LogP contribution >= 0.6 is 11.8 Å². The molecule has 0 aliphatic heterocycles. The van der Waals surface area contributed by atoms with Gasteiger partial charge in [-0.2, -0.15) is 11.8 Å². The van der Waals surface area contributed by atoms with Crippen LogP contribution in [0, 0.1) is 0 Å². The maximum Gasteiger partial charge on any atom is 0.0633 e. The van der Waals surface area contributed by atoms with Crippen molar-refractivity contribution < 1.29 is 10.2 Å². The third-order valence-corrected chi connectivity index (χ3v) is 2.17. The van der Waals surface area contributed by atoms with Gasteiger partial charge < -0.3 is 15.5 Å². The van der Waals surface area contributed by atoms with Crippen LogP contribution in [0.3, 0.4) is 0 Å². The summed E-state index contributed by atoms with van der Waals surface area (Å²) in [6, 6.07) is 0. The third kappa shape index (κ3) is 4.63. The Balaban J connectivity index is 3.51. The Morgan fingerprint density at radius 2 is 1.91 bits per heavy atom. The highest BCUT2D eigenvalue weighted by Crippen LogP contribution is 2.00. The first-order valence-corrected chi connectivity index (χ1v) is 5.03. The van der Waals surface area contributed by atoms with Crippen molar-refractivity contribution in [3.63, 3.8) is 0 Å². The lowest BCUT2D eigenvalue weighted by molar-refractivity contribution is 0.106. The maximum atomic E-state index is 8.86. The summed E-state index contributed by atoms with van der Waals surface area (Å²) < 4.78 is 0. The number of hydrogen-bond acceptors (Lipinski definition) is 4. The van der Waals surface area contributed by atoms with Crippen molar-refractivity contribution >= 4 is 11.8 Å². The molecule has 0 spiro atoms. The van der Waals surface area contributed by atoms with Gasteiger partial charge in [-0.3, -0.25) is 0 Å². The second kappa shape index (κ2) is 5.83. The molecule has 0 aromatic carbocycles. The molecule has 3 nitrogen and oxygen atoms in total. The quantitative estimate of drug-likeness (QED) is 0.489. The van der Waals surface area contributed by atoms with E-state index in [1.807, 2.05) is 6.26 Å². The van der Waals surface area contributed by atoms with Gasteiger partial charge >= 0.3 is 0 Å². The number of rotatable bonds is 6. The van der Waals surface area contributed by atoms with E-state index >= 15 is 0 Å². The highest BCUT2D eigenvalue weighted by Gasteiger charge is 2.20. The van der Waals surface area contributed by atoms with E-state index in [2.05, 4.69) is 5.32 Å². The molecule has 0 amide bonds. The summed E-state index contributed by atoms with van der Waals surface area (Å²) >= 11 is 1.74. The Hall–Kier alpha value is 0.230. The summed E-state index contributed by atoms with van der Waals surface area (Å²) in [5, 5.41) is 20.8. The van der Waals surface area contributed by atoms with Crippen LogP contribution in [0.5, 0.6) is 0 Å². The van der Waals surface area contributed by atoms with Gasteiger partial charge in [0.15, 0.2) is 0 Å². The highest BCUT2D eigenvalue weighted by atomic mass is 32.2. The van der Waals surface area contributed by atoms with E-state index in [0.29, 0.717) is 0 Å². The predicted octanol–water partition coefficient (Wildman–Crippen LogP) is -0.318. The van der Waals surface area contributed by atoms with E-state index in [4.69, 9.17) is 10.2 Å². The van der Waals surface area contributed by atoms with Gasteiger partial charge in [-0.05, 0) is 13.2 Å². The van der Waals surface area contributed by atoms with Crippen LogP contribution in [-0.2, 0) is 0 Å². The minimum absolute atomic E-state index is 0.0299. The fourth-order valence-corrected chi connectivity index (χ4v) is 0.923. The number of thioether (sulfide) groups is 1. The standard InChI is InChI=1S/C7H17NO2S/c1-7(5-9,6-10)8-3-4-11-2/h8-10H,3-6H2,1-2H3. The van der Waals surface area contributed by atoms with Crippen LogP contribution < -0.4 is 5.32 Å². The van der Waals surface area contributed by atoms with Gasteiger partial charge in [0.1, 0.15) is 0 Å². The molecule has 0 heterocycles. The topological polar surface area (TPSA) is 52.5 Å². The molecule has 0 saturated carbocycles. The lowest BCUT2D eigenvalue weighted by Crippen LogP contribution is -2.49. The van der Waals surface area contributed by atoms with Gasteiger partial charge in [0.25, 0.3) is 0 Å². The Labute approximate surface area is 72.2 Å². The molecule has 3 N–H and O–H groups in total. The van der Waals surface area contributed by atoms with Crippen LogP contribution in [0.4, 0.5) is 0 Å². The van der Waals surface area contributed by atoms with Crippen molar-refractivity contribution in [2.45, 2.75) is 12.5 Å². The minimum atomic E-state index is -0.518. The van der Waals surface area contributed by atoms with Gasteiger partial charge in [-0.15, -0.1) is 0 Å². The summed E-state index contributed by atoms with van der Waals surface area (Å²) in [4.78, 5) is 0. The molecule has 0 aromatic rings. The second-order valence-corrected chi connectivity index (χ2v) is 3.78. The van der Waals surface area contributed by atoms with Crippen LogP contribution in [0.1, 0.15) is 6.92 Å². The molecule has 68 valence electrons. The van der Waals surface area contributed by atoms with E-state index in [9.17, 15) is 0 Å².